The zero-order chi connectivity index (χ0) is 36.1. The van der Waals surface area contributed by atoms with E-state index in [1.54, 1.807) is 14.2 Å². The molecular formula is C44H49N5O2. The van der Waals surface area contributed by atoms with Gasteiger partial charge in [-0.05, 0) is 94.5 Å². The summed E-state index contributed by atoms with van der Waals surface area (Å²) in [7, 11) is 3.41. The maximum absolute atomic E-state index is 5.78. The maximum Gasteiger partial charge on any atom is 0.239 e. The van der Waals surface area contributed by atoms with Crippen LogP contribution in [0.2, 0.25) is 0 Å². The number of hydrogen-bond acceptors (Lipinski definition) is 4. The van der Waals surface area contributed by atoms with E-state index >= 15 is 0 Å². The van der Waals surface area contributed by atoms with Crippen LogP contribution in [0.1, 0.15) is 101 Å². The Bertz CT molecular complexity index is 2260. The van der Waals surface area contributed by atoms with Crippen LogP contribution in [0.25, 0.3) is 44.3 Å². The van der Waals surface area contributed by atoms with Crippen LogP contribution in [0.3, 0.4) is 0 Å². The third-order valence-corrected chi connectivity index (χ3v) is 10.1. The first-order chi connectivity index (χ1) is 24.5. The number of methoxy groups -OCH3 is 2. The van der Waals surface area contributed by atoms with Crippen molar-refractivity contribution < 1.29 is 9.47 Å². The summed E-state index contributed by atoms with van der Waals surface area (Å²) in [5.41, 5.74) is 11.9. The number of rotatable bonds is 9. The Morgan fingerprint density at radius 1 is 0.529 bits per heavy atom. The Morgan fingerprint density at radius 2 is 0.980 bits per heavy atom. The molecule has 0 saturated carbocycles. The number of hydrogen-bond donors (Lipinski definition) is 0. The molecule has 4 aromatic carbocycles. The molecule has 7 nitrogen and oxygen atoms in total. The van der Waals surface area contributed by atoms with Crippen molar-refractivity contribution in [2.75, 3.05) is 14.2 Å². The summed E-state index contributed by atoms with van der Waals surface area (Å²) in [4.78, 5) is 5.15. The van der Waals surface area contributed by atoms with E-state index < -0.39 is 0 Å². The summed E-state index contributed by atoms with van der Waals surface area (Å²) in [6.07, 6.45) is 1.90. The molecule has 3 heterocycles. The van der Waals surface area contributed by atoms with Crippen LogP contribution < -0.4 is 15.1 Å². The number of nitrogens with zero attached hydrogens (tertiary/aromatic N) is 5. The normalized spacial score (nSPS) is 12.5. The lowest BCUT2D eigenvalue weighted by Gasteiger charge is -2.22. The Labute approximate surface area is 300 Å². The van der Waals surface area contributed by atoms with Gasteiger partial charge in [0, 0.05) is 17.0 Å². The first kappa shape index (κ1) is 34.2. The molecule has 0 spiro atoms. The molecular weight excluding hydrogens is 631 g/mol. The Balaban J connectivity index is 1.78. The maximum atomic E-state index is 5.78. The highest BCUT2D eigenvalue weighted by Gasteiger charge is 2.26. The van der Waals surface area contributed by atoms with Crippen molar-refractivity contribution >= 4 is 33.0 Å². The van der Waals surface area contributed by atoms with E-state index in [-0.39, 0.29) is 23.7 Å². The fraction of sp³-hybridized carbons (Fsp3) is 0.318. The van der Waals surface area contributed by atoms with Crippen molar-refractivity contribution in [3.63, 3.8) is 0 Å². The molecule has 0 amide bonds. The molecule has 0 unspecified atom stereocenters. The van der Waals surface area contributed by atoms with Gasteiger partial charge in [-0.15, -0.1) is 5.10 Å². The van der Waals surface area contributed by atoms with Gasteiger partial charge >= 0.3 is 0 Å². The SMILES string of the molecule is COc1ccc2c(c1)c1cc(OC)ccc1n2/N=c1\n(-c2c(C(C)C)cccc2C(C)C)c2cccnc2n1-c1c(C(C)C)cccc1C(C)C. The molecule has 7 aromatic rings. The minimum atomic E-state index is 0.267. The first-order valence-corrected chi connectivity index (χ1v) is 18.1. The summed E-state index contributed by atoms with van der Waals surface area (Å²) in [5.74, 6) is 2.66. The van der Waals surface area contributed by atoms with Crippen LogP contribution in [0.5, 0.6) is 11.5 Å². The number of para-hydroxylation sites is 2. The van der Waals surface area contributed by atoms with Crippen molar-refractivity contribution in [3.05, 3.63) is 119 Å². The molecule has 7 heteroatoms. The monoisotopic (exact) mass is 679 g/mol. The zero-order valence-electron chi connectivity index (χ0n) is 31.5. The van der Waals surface area contributed by atoms with Crippen molar-refractivity contribution in [3.8, 4) is 22.9 Å². The van der Waals surface area contributed by atoms with E-state index in [1.165, 1.54) is 22.3 Å². The van der Waals surface area contributed by atoms with E-state index in [4.69, 9.17) is 19.6 Å². The van der Waals surface area contributed by atoms with E-state index in [0.717, 1.165) is 61.5 Å². The van der Waals surface area contributed by atoms with Crippen molar-refractivity contribution in [1.82, 2.24) is 18.8 Å². The van der Waals surface area contributed by atoms with Gasteiger partial charge in [-0.3, -0.25) is 9.13 Å². The highest BCUT2D eigenvalue weighted by atomic mass is 16.5. The predicted molar refractivity (Wildman–Crippen MR) is 210 cm³/mol. The van der Waals surface area contributed by atoms with Gasteiger partial charge in [0.25, 0.3) is 0 Å². The lowest BCUT2D eigenvalue weighted by atomic mass is 9.92. The number of aromatic nitrogens is 4. The van der Waals surface area contributed by atoms with Crippen LogP contribution in [0.15, 0.2) is 96.2 Å². The summed E-state index contributed by atoms with van der Waals surface area (Å²) in [5, 5.41) is 7.86. The molecule has 262 valence electrons. The van der Waals surface area contributed by atoms with Crippen LogP contribution >= 0.6 is 0 Å². The minimum absolute atomic E-state index is 0.267. The zero-order valence-corrected chi connectivity index (χ0v) is 31.5. The predicted octanol–water partition coefficient (Wildman–Crippen LogP) is 10.8. The molecule has 7 rings (SSSR count). The summed E-state index contributed by atoms with van der Waals surface area (Å²) < 4.78 is 18.2. The summed E-state index contributed by atoms with van der Waals surface area (Å²) >= 11 is 0. The van der Waals surface area contributed by atoms with Gasteiger partial charge in [0.2, 0.25) is 5.62 Å². The van der Waals surface area contributed by atoms with Gasteiger partial charge in [0.1, 0.15) is 11.5 Å². The van der Waals surface area contributed by atoms with Crippen LogP contribution in [0.4, 0.5) is 0 Å². The average Bonchev–Trinajstić information content (AvgIpc) is 3.61. The molecule has 3 aromatic heterocycles. The van der Waals surface area contributed by atoms with Crippen LogP contribution in [-0.4, -0.2) is 33.0 Å². The lowest BCUT2D eigenvalue weighted by Crippen LogP contribution is -2.29. The second-order valence-corrected chi connectivity index (χ2v) is 14.7. The van der Waals surface area contributed by atoms with Gasteiger partial charge in [0.15, 0.2) is 5.65 Å². The third kappa shape index (κ3) is 5.69. The molecule has 0 fully saturated rings. The smallest absolute Gasteiger partial charge is 0.239 e. The largest absolute Gasteiger partial charge is 0.497 e. The highest BCUT2D eigenvalue weighted by Crippen LogP contribution is 2.37. The standard InChI is InChI=1S/C44H49N5O2/c1-26(2)32-14-11-15-33(27(3)4)41(32)47-40-18-13-23-45-43(40)48(42-34(28(5)6)16-12-17-35(42)29(7)8)44(47)46-49-38-21-19-30(50-9)24-36(38)37-25-31(51-10)20-22-39(37)49/h11-29H,1-10H3/b46-44+. The Kier molecular flexibility index (Phi) is 9.00. The third-order valence-electron chi connectivity index (χ3n) is 10.1. The molecule has 0 aliphatic heterocycles. The van der Waals surface area contributed by atoms with Crippen LogP contribution in [0, 0.1) is 0 Å². The van der Waals surface area contributed by atoms with Crippen molar-refractivity contribution in [1.29, 1.82) is 0 Å². The van der Waals surface area contributed by atoms with E-state index in [2.05, 4.69) is 136 Å². The molecule has 0 aliphatic carbocycles. The minimum Gasteiger partial charge on any atom is -0.497 e. The van der Waals surface area contributed by atoms with E-state index in [9.17, 15) is 0 Å². The molecule has 51 heavy (non-hydrogen) atoms. The molecule has 0 atom stereocenters. The van der Waals surface area contributed by atoms with Gasteiger partial charge in [0.05, 0.1) is 42.1 Å². The van der Waals surface area contributed by atoms with E-state index in [1.807, 2.05) is 24.4 Å². The lowest BCUT2D eigenvalue weighted by molar-refractivity contribution is 0.415. The highest BCUT2D eigenvalue weighted by molar-refractivity contribution is 6.09. The molecule has 0 N–H and O–H groups in total. The van der Waals surface area contributed by atoms with Gasteiger partial charge in [-0.2, -0.15) is 0 Å². The number of fused-ring (bicyclic) bond motifs is 4. The molecule has 0 aliphatic rings. The van der Waals surface area contributed by atoms with Crippen molar-refractivity contribution in [2.45, 2.75) is 79.1 Å². The number of pyridine rings is 1. The molecule has 0 saturated heterocycles. The van der Waals surface area contributed by atoms with Gasteiger partial charge in [-0.25, -0.2) is 9.66 Å². The molecule has 0 bridgehead atoms. The number of imidazole rings is 1. The summed E-state index contributed by atoms with van der Waals surface area (Å²) in [6, 6.07) is 30.1. The van der Waals surface area contributed by atoms with Crippen molar-refractivity contribution in [2.24, 2.45) is 5.10 Å². The quantitative estimate of drug-likeness (QED) is 0.153. The second-order valence-electron chi connectivity index (χ2n) is 14.7. The van der Waals surface area contributed by atoms with Gasteiger partial charge < -0.3 is 9.47 Å². The number of benzene rings is 4. The average molecular weight is 680 g/mol. The van der Waals surface area contributed by atoms with E-state index in [0.29, 0.717) is 0 Å². The number of ether oxygens (including phenoxy) is 2. The topological polar surface area (TPSA) is 58.5 Å². The Morgan fingerprint density at radius 3 is 1.41 bits per heavy atom. The first-order valence-electron chi connectivity index (χ1n) is 18.1. The van der Waals surface area contributed by atoms with Crippen LogP contribution in [-0.2, 0) is 0 Å². The Hall–Kier alpha value is -5.30. The summed E-state index contributed by atoms with van der Waals surface area (Å²) in [6.45, 7) is 18.2. The fourth-order valence-corrected chi connectivity index (χ4v) is 7.51. The molecule has 0 radical (unpaired) electrons. The second kappa shape index (κ2) is 13.4. The fourth-order valence-electron chi connectivity index (χ4n) is 7.51. The van der Waals surface area contributed by atoms with Gasteiger partial charge in [-0.1, -0.05) is 91.8 Å².